The van der Waals surface area contributed by atoms with Crippen LogP contribution in [0.4, 0.5) is 0 Å². The first-order valence-corrected chi connectivity index (χ1v) is 8.03. The zero-order chi connectivity index (χ0) is 12.3. The van der Waals surface area contributed by atoms with Crippen LogP contribution in [-0.4, -0.2) is 13.6 Å². The van der Waals surface area contributed by atoms with Crippen molar-refractivity contribution in [3.8, 4) is 0 Å². The van der Waals surface area contributed by atoms with E-state index in [1.807, 2.05) is 0 Å². The molecule has 1 N–H and O–H groups in total. The van der Waals surface area contributed by atoms with Crippen LogP contribution in [-0.2, 0) is 0 Å². The molecule has 2 atom stereocenters. The van der Waals surface area contributed by atoms with Crippen LogP contribution < -0.4 is 5.32 Å². The summed E-state index contributed by atoms with van der Waals surface area (Å²) < 4.78 is 0. The average Bonchev–Trinajstić information content (AvgIpc) is 2.76. The van der Waals surface area contributed by atoms with Crippen LogP contribution in [0.25, 0.3) is 0 Å². The lowest BCUT2D eigenvalue weighted by Crippen LogP contribution is -2.21. The van der Waals surface area contributed by atoms with Gasteiger partial charge in [0.1, 0.15) is 0 Å². The number of rotatable bonds is 10. The largest absolute Gasteiger partial charge is 0.319 e. The SMILES string of the molecule is CCCCCCCCCC1CCCC1CNC. The van der Waals surface area contributed by atoms with Crippen molar-refractivity contribution < 1.29 is 0 Å². The van der Waals surface area contributed by atoms with E-state index in [1.54, 1.807) is 0 Å². The van der Waals surface area contributed by atoms with E-state index in [0.717, 1.165) is 11.8 Å². The molecule has 0 amide bonds. The lowest BCUT2D eigenvalue weighted by atomic mass is 9.90. The van der Waals surface area contributed by atoms with Crippen molar-refractivity contribution in [3.63, 3.8) is 0 Å². The third-order valence-electron chi connectivity index (χ3n) is 4.46. The van der Waals surface area contributed by atoms with Gasteiger partial charge >= 0.3 is 0 Å². The van der Waals surface area contributed by atoms with E-state index >= 15 is 0 Å². The summed E-state index contributed by atoms with van der Waals surface area (Å²) in [6.07, 6.45) is 16.1. The van der Waals surface area contributed by atoms with Crippen LogP contribution in [0.15, 0.2) is 0 Å². The number of hydrogen-bond donors (Lipinski definition) is 1. The van der Waals surface area contributed by atoms with Gasteiger partial charge in [0.25, 0.3) is 0 Å². The molecule has 0 heterocycles. The normalized spacial score (nSPS) is 24.4. The molecule has 0 radical (unpaired) electrons. The van der Waals surface area contributed by atoms with E-state index in [9.17, 15) is 0 Å². The second-order valence-electron chi connectivity index (χ2n) is 5.92. The van der Waals surface area contributed by atoms with E-state index < -0.39 is 0 Å². The van der Waals surface area contributed by atoms with Crippen LogP contribution >= 0.6 is 0 Å². The summed E-state index contributed by atoms with van der Waals surface area (Å²) in [6.45, 7) is 3.54. The zero-order valence-corrected chi connectivity index (χ0v) is 12.1. The molecular formula is C16H33N. The molecule has 0 aliphatic heterocycles. The number of unbranched alkanes of at least 4 members (excludes halogenated alkanes) is 6. The second-order valence-corrected chi connectivity index (χ2v) is 5.92. The van der Waals surface area contributed by atoms with Crippen molar-refractivity contribution >= 4 is 0 Å². The summed E-state index contributed by atoms with van der Waals surface area (Å²) in [7, 11) is 2.10. The quantitative estimate of drug-likeness (QED) is 0.542. The molecule has 1 nitrogen and oxygen atoms in total. The van der Waals surface area contributed by atoms with Gasteiger partial charge in [-0.1, -0.05) is 71.1 Å². The Bertz CT molecular complexity index is 167. The molecule has 0 spiro atoms. The fourth-order valence-corrected chi connectivity index (χ4v) is 3.39. The Morgan fingerprint density at radius 1 is 0.882 bits per heavy atom. The van der Waals surface area contributed by atoms with E-state index in [1.165, 1.54) is 77.2 Å². The van der Waals surface area contributed by atoms with E-state index in [-0.39, 0.29) is 0 Å². The molecule has 0 aromatic carbocycles. The van der Waals surface area contributed by atoms with Crippen molar-refractivity contribution in [2.24, 2.45) is 11.8 Å². The first kappa shape index (κ1) is 15.0. The molecule has 0 saturated heterocycles. The maximum Gasteiger partial charge on any atom is -0.00209 e. The van der Waals surface area contributed by atoms with Crippen LogP contribution in [0.3, 0.4) is 0 Å². The van der Waals surface area contributed by atoms with Crippen molar-refractivity contribution in [2.75, 3.05) is 13.6 Å². The summed E-state index contributed by atoms with van der Waals surface area (Å²) in [4.78, 5) is 0. The van der Waals surface area contributed by atoms with Crippen molar-refractivity contribution in [2.45, 2.75) is 77.6 Å². The van der Waals surface area contributed by atoms with Crippen molar-refractivity contribution in [1.82, 2.24) is 5.32 Å². The molecule has 1 fully saturated rings. The van der Waals surface area contributed by atoms with Gasteiger partial charge in [0.05, 0.1) is 0 Å². The maximum absolute atomic E-state index is 3.36. The highest BCUT2D eigenvalue weighted by Crippen LogP contribution is 2.34. The minimum Gasteiger partial charge on any atom is -0.319 e. The molecule has 0 aromatic rings. The third kappa shape index (κ3) is 6.45. The first-order chi connectivity index (χ1) is 8.38. The minimum absolute atomic E-state index is 0.986. The van der Waals surface area contributed by atoms with E-state index in [4.69, 9.17) is 0 Å². The highest BCUT2D eigenvalue weighted by molar-refractivity contribution is 4.78. The molecule has 2 unspecified atom stereocenters. The molecule has 102 valence electrons. The summed E-state index contributed by atoms with van der Waals surface area (Å²) in [6, 6.07) is 0. The van der Waals surface area contributed by atoms with Crippen LogP contribution in [0.5, 0.6) is 0 Å². The Labute approximate surface area is 109 Å². The Hall–Kier alpha value is -0.0400. The number of hydrogen-bond acceptors (Lipinski definition) is 1. The Balaban J connectivity index is 1.94. The van der Waals surface area contributed by atoms with Gasteiger partial charge in [-0.2, -0.15) is 0 Å². The lowest BCUT2D eigenvalue weighted by molar-refractivity contribution is 0.342. The molecule has 17 heavy (non-hydrogen) atoms. The van der Waals surface area contributed by atoms with Crippen LogP contribution in [0, 0.1) is 11.8 Å². The molecule has 0 aromatic heterocycles. The molecule has 1 aliphatic rings. The molecule has 1 saturated carbocycles. The van der Waals surface area contributed by atoms with Gasteiger partial charge in [-0.15, -0.1) is 0 Å². The smallest absolute Gasteiger partial charge is 0.00209 e. The summed E-state index contributed by atoms with van der Waals surface area (Å²) in [5, 5.41) is 3.36. The van der Waals surface area contributed by atoms with Gasteiger partial charge in [0, 0.05) is 0 Å². The Morgan fingerprint density at radius 3 is 2.24 bits per heavy atom. The predicted molar refractivity (Wildman–Crippen MR) is 77.4 cm³/mol. The lowest BCUT2D eigenvalue weighted by Gasteiger charge is -2.19. The topological polar surface area (TPSA) is 12.0 Å². The van der Waals surface area contributed by atoms with Crippen molar-refractivity contribution in [3.05, 3.63) is 0 Å². The zero-order valence-electron chi connectivity index (χ0n) is 12.1. The highest BCUT2D eigenvalue weighted by atomic mass is 14.8. The number of nitrogens with one attached hydrogen (secondary N) is 1. The average molecular weight is 239 g/mol. The van der Waals surface area contributed by atoms with E-state index in [0.29, 0.717) is 0 Å². The van der Waals surface area contributed by atoms with Crippen LogP contribution in [0.1, 0.15) is 77.6 Å². The molecule has 0 bridgehead atoms. The molecule has 1 rings (SSSR count). The second kappa shape index (κ2) is 9.94. The maximum atomic E-state index is 3.36. The minimum atomic E-state index is 0.986. The Morgan fingerprint density at radius 2 is 1.53 bits per heavy atom. The van der Waals surface area contributed by atoms with Gasteiger partial charge < -0.3 is 5.32 Å². The molecular weight excluding hydrogens is 206 g/mol. The van der Waals surface area contributed by atoms with Gasteiger partial charge in [0.15, 0.2) is 0 Å². The fourth-order valence-electron chi connectivity index (χ4n) is 3.39. The van der Waals surface area contributed by atoms with Crippen LogP contribution in [0.2, 0.25) is 0 Å². The fraction of sp³-hybridized carbons (Fsp3) is 1.00. The molecule has 1 aliphatic carbocycles. The molecule has 1 heteroatoms. The van der Waals surface area contributed by atoms with E-state index in [2.05, 4.69) is 19.3 Å². The third-order valence-corrected chi connectivity index (χ3v) is 4.46. The highest BCUT2D eigenvalue weighted by Gasteiger charge is 2.25. The van der Waals surface area contributed by atoms with Crippen molar-refractivity contribution in [1.29, 1.82) is 0 Å². The predicted octanol–water partition coefficient (Wildman–Crippen LogP) is 4.76. The monoisotopic (exact) mass is 239 g/mol. The van der Waals surface area contributed by atoms with Gasteiger partial charge in [0.2, 0.25) is 0 Å². The first-order valence-electron chi connectivity index (χ1n) is 8.03. The summed E-state index contributed by atoms with van der Waals surface area (Å²) in [5.41, 5.74) is 0. The Kier molecular flexibility index (Phi) is 8.78. The summed E-state index contributed by atoms with van der Waals surface area (Å²) >= 11 is 0. The summed E-state index contributed by atoms with van der Waals surface area (Å²) in [5.74, 6) is 2.03. The van der Waals surface area contributed by atoms with Gasteiger partial charge in [-0.25, -0.2) is 0 Å². The van der Waals surface area contributed by atoms with Gasteiger partial charge in [-0.05, 0) is 31.8 Å². The van der Waals surface area contributed by atoms with Gasteiger partial charge in [-0.3, -0.25) is 0 Å². The standard InChI is InChI=1S/C16H33N/c1-3-4-5-6-7-8-9-11-15-12-10-13-16(15)14-17-2/h15-17H,3-14H2,1-2H3.